The van der Waals surface area contributed by atoms with E-state index in [0.29, 0.717) is 12.1 Å². The molecule has 19 heavy (non-hydrogen) atoms. The van der Waals surface area contributed by atoms with Gasteiger partial charge in [-0.3, -0.25) is 0 Å². The van der Waals surface area contributed by atoms with Crippen LogP contribution in [0.4, 0.5) is 0 Å². The minimum Gasteiger partial charge on any atom is -0.489 e. The predicted molar refractivity (Wildman–Crippen MR) is 76.5 cm³/mol. The van der Waals surface area contributed by atoms with Gasteiger partial charge in [-0.1, -0.05) is 35.9 Å². The molecule has 0 saturated carbocycles. The van der Waals surface area contributed by atoms with Crippen molar-refractivity contribution in [2.75, 3.05) is 0 Å². The molecule has 2 aromatic carbocycles. The van der Waals surface area contributed by atoms with Crippen molar-refractivity contribution in [3.05, 3.63) is 59.2 Å². The molecule has 0 aliphatic heterocycles. The van der Waals surface area contributed by atoms with Crippen LogP contribution in [0.15, 0.2) is 42.5 Å². The Kier molecular flexibility index (Phi) is 4.25. The highest BCUT2D eigenvalue weighted by Gasteiger charge is 2.13. The number of rotatable bonds is 4. The van der Waals surface area contributed by atoms with Crippen molar-refractivity contribution in [2.24, 2.45) is 0 Å². The minimum atomic E-state index is -1.44. The summed E-state index contributed by atoms with van der Waals surface area (Å²) in [6.07, 6.45) is 0. The van der Waals surface area contributed by atoms with E-state index in [1.807, 2.05) is 38.1 Å². The number of hydrogen-bond donors (Lipinski definition) is 2. The second-order valence-electron chi connectivity index (χ2n) is 4.67. The molecule has 98 valence electrons. The summed E-state index contributed by atoms with van der Waals surface area (Å²) < 4.78 is 5.70. The van der Waals surface area contributed by atoms with Crippen LogP contribution in [-0.2, 0) is 6.61 Å². The first-order chi connectivity index (χ1) is 9.06. The molecule has 0 fully saturated rings. The summed E-state index contributed by atoms with van der Waals surface area (Å²) in [5.41, 5.74) is 3.62. The first-order valence-electron chi connectivity index (χ1n) is 6.21. The molecule has 0 heterocycles. The lowest BCUT2D eigenvalue weighted by atomic mass is 9.77. The highest BCUT2D eigenvalue weighted by Crippen LogP contribution is 2.14. The second-order valence-corrected chi connectivity index (χ2v) is 4.67. The van der Waals surface area contributed by atoms with Crippen LogP contribution in [-0.4, -0.2) is 17.2 Å². The van der Waals surface area contributed by atoms with Crippen molar-refractivity contribution < 1.29 is 14.8 Å². The summed E-state index contributed by atoms with van der Waals surface area (Å²) in [6, 6.07) is 13.4. The third kappa shape index (κ3) is 3.59. The van der Waals surface area contributed by atoms with E-state index in [0.717, 1.165) is 16.9 Å². The van der Waals surface area contributed by atoms with Gasteiger partial charge in [0.2, 0.25) is 0 Å². The van der Waals surface area contributed by atoms with Gasteiger partial charge < -0.3 is 14.8 Å². The van der Waals surface area contributed by atoms with Crippen LogP contribution < -0.4 is 10.2 Å². The molecule has 0 saturated heterocycles. The maximum absolute atomic E-state index is 9.15. The number of hydrogen-bond acceptors (Lipinski definition) is 3. The molecule has 0 aliphatic rings. The summed E-state index contributed by atoms with van der Waals surface area (Å²) in [7, 11) is -1.44. The van der Waals surface area contributed by atoms with Gasteiger partial charge in [0.05, 0.1) is 0 Å². The van der Waals surface area contributed by atoms with Gasteiger partial charge >= 0.3 is 7.12 Å². The van der Waals surface area contributed by atoms with Crippen molar-refractivity contribution >= 4 is 12.6 Å². The monoisotopic (exact) mass is 256 g/mol. The van der Waals surface area contributed by atoms with E-state index in [4.69, 9.17) is 14.8 Å². The zero-order valence-electron chi connectivity index (χ0n) is 11.1. The Morgan fingerprint density at radius 2 is 1.84 bits per heavy atom. The zero-order valence-corrected chi connectivity index (χ0v) is 11.1. The molecule has 0 aliphatic carbocycles. The standard InChI is InChI=1S/C15H17BO3/c1-11-4-3-5-13(8-11)10-19-14-6-7-15(16(17)18)12(2)9-14/h3-9,17-18H,10H2,1-2H3. The molecular formula is C15H17BO3. The average Bonchev–Trinajstić information content (AvgIpc) is 2.36. The molecular weight excluding hydrogens is 239 g/mol. The largest absolute Gasteiger partial charge is 0.489 e. The predicted octanol–water partition coefficient (Wildman–Crippen LogP) is 1.56. The third-order valence-corrected chi connectivity index (χ3v) is 3.01. The fourth-order valence-corrected chi connectivity index (χ4v) is 2.00. The van der Waals surface area contributed by atoms with Crippen LogP contribution in [0, 0.1) is 13.8 Å². The summed E-state index contributed by atoms with van der Waals surface area (Å²) in [5.74, 6) is 0.725. The van der Waals surface area contributed by atoms with Gasteiger partial charge in [-0.05, 0) is 42.6 Å². The molecule has 3 nitrogen and oxygen atoms in total. The molecule has 2 rings (SSSR count). The van der Waals surface area contributed by atoms with Gasteiger partial charge in [-0.25, -0.2) is 0 Å². The van der Waals surface area contributed by atoms with Crippen LogP contribution in [0.1, 0.15) is 16.7 Å². The van der Waals surface area contributed by atoms with Crippen molar-refractivity contribution in [1.82, 2.24) is 0 Å². The van der Waals surface area contributed by atoms with Crippen molar-refractivity contribution in [1.29, 1.82) is 0 Å². The van der Waals surface area contributed by atoms with Gasteiger partial charge in [0.15, 0.2) is 0 Å². The number of benzene rings is 2. The molecule has 2 aromatic rings. The average molecular weight is 256 g/mol. The molecule has 0 aromatic heterocycles. The minimum absolute atomic E-state index is 0.502. The van der Waals surface area contributed by atoms with E-state index in [-0.39, 0.29) is 0 Å². The molecule has 0 atom stereocenters. The molecule has 0 bridgehead atoms. The van der Waals surface area contributed by atoms with E-state index in [1.54, 1.807) is 12.1 Å². The smallest absolute Gasteiger partial charge is 0.488 e. The zero-order chi connectivity index (χ0) is 13.8. The van der Waals surface area contributed by atoms with Gasteiger partial charge in [0.25, 0.3) is 0 Å². The first kappa shape index (κ1) is 13.7. The Bertz CT molecular complexity index is 567. The summed E-state index contributed by atoms with van der Waals surface area (Å²) in [4.78, 5) is 0. The van der Waals surface area contributed by atoms with E-state index in [2.05, 4.69) is 6.07 Å². The summed E-state index contributed by atoms with van der Waals surface area (Å²) in [6.45, 7) is 4.38. The number of ether oxygens (including phenoxy) is 1. The van der Waals surface area contributed by atoms with Crippen LogP contribution in [0.5, 0.6) is 5.75 Å². The lowest BCUT2D eigenvalue weighted by Gasteiger charge is -2.10. The Labute approximate surface area is 113 Å². The molecule has 2 N–H and O–H groups in total. The van der Waals surface area contributed by atoms with Crippen molar-refractivity contribution in [3.63, 3.8) is 0 Å². The molecule has 0 spiro atoms. The van der Waals surface area contributed by atoms with Crippen LogP contribution in [0.3, 0.4) is 0 Å². The van der Waals surface area contributed by atoms with Crippen LogP contribution >= 0.6 is 0 Å². The quantitative estimate of drug-likeness (QED) is 0.816. The maximum atomic E-state index is 9.15. The molecule has 4 heteroatoms. The lowest BCUT2D eigenvalue weighted by Crippen LogP contribution is -2.31. The molecule has 0 unspecified atom stereocenters. The maximum Gasteiger partial charge on any atom is 0.488 e. The SMILES string of the molecule is Cc1cccc(COc2ccc(B(O)O)c(C)c2)c1. The fourth-order valence-electron chi connectivity index (χ4n) is 2.00. The van der Waals surface area contributed by atoms with Crippen LogP contribution in [0.25, 0.3) is 0 Å². The van der Waals surface area contributed by atoms with E-state index in [1.165, 1.54) is 5.56 Å². The molecule has 0 amide bonds. The normalized spacial score (nSPS) is 10.3. The van der Waals surface area contributed by atoms with Crippen LogP contribution in [0.2, 0.25) is 0 Å². The Hall–Kier alpha value is -1.78. The van der Waals surface area contributed by atoms with Gasteiger partial charge in [0, 0.05) is 0 Å². The summed E-state index contributed by atoms with van der Waals surface area (Å²) >= 11 is 0. The number of aryl methyl sites for hydroxylation is 2. The van der Waals surface area contributed by atoms with Crippen molar-refractivity contribution in [2.45, 2.75) is 20.5 Å². The van der Waals surface area contributed by atoms with E-state index in [9.17, 15) is 0 Å². The lowest BCUT2D eigenvalue weighted by molar-refractivity contribution is 0.306. The Balaban J connectivity index is 2.06. The third-order valence-electron chi connectivity index (χ3n) is 3.01. The van der Waals surface area contributed by atoms with E-state index < -0.39 is 7.12 Å². The Morgan fingerprint density at radius 1 is 1.05 bits per heavy atom. The van der Waals surface area contributed by atoms with E-state index >= 15 is 0 Å². The fraction of sp³-hybridized carbons (Fsp3) is 0.200. The highest BCUT2D eigenvalue weighted by atomic mass is 16.5. The molecule has 0 radical (unpaired) electrons. The van der Waals surface area contributed by atoms with Gasteiger partial charge in [-0.15, -0.1) is 0 Å². The Morgan fingerprint density at radius 3 is 2.47 bits per heavy atom. The van der Waals surface area contributed by atoms with Gasteiger partial charge in [-0.2, -0.15) is 0 Å². The summed E-state index contributed by atoms with van der Waals surface area (Å²) in [5, 5.41) is 18.3. The second kappa shape index (κ2) is 5.91. The topological polar surface area (TPSA) is 49.7 Å². The first-order valence-corrected chi connectivity index (χ1v) is 6.21. The highest BCUT2D eigenvalue weighted by molar-refractivity contribution is 6.59. The van der Waals surface area contributed by atoms with Gasteiger partial charge in [0.1, 0.15) is 12.4 Å². The van der Waals surface area contributed by atoms with Crippen molar-refractivity contribution in [3.8, 4) is 5.75 Å².